The molecule has 0 aliphatic carbocycles. The van der Waals surface area contributed by atoms with Crippen LogP contribution < -0.4 is 4.72 Å². The molecule has 0 saturated heterocycles. The molecule has 1 aromatic rings. The van der Waals surface area contributed by atoms with Crippen molar-refractivity contribution in [2.45, 2.75) is 24.8 Å². The van der Waals surface area contributed by atoms with Crippen molar-refractivity contribution in [2.75, 3.05) is 0 Å². The smallest absolute Gasteiger partial charge is 0.322 e. The molecule has 5 nitrogen and oxygen atoms in total. The molecule has 0 bridgehead atoms. The van der Waals surface area contributed by atoms with E-state index in [-0.39, 0.29) is 5.02 Å². The Morgan fingerprint density at radius 2 is 1.95 bits per heavy atom. The van der Waals surface area contributed by atoms with Gasteiger partial charge in [-0.1, -0.05) is 25.4 Å². The summed E-state index contributed by atoms with van der Waals surface area (Å²) in [7, 11) is -4.15. The first kappa shape index (κ1) is 15.9. The standard InChI is InChI=1S/C11H13ClFNO4S/c1-6(2)10(11(15)16)14-19(17,18)9-4-7(12)3-8(13)5-9/h3-6,10,14H,1-2H3,(H,15,16). The van der Waals surface area contributed by atoms with E-state index in [1.54, 1.807) is 13.8 Å². The maximum absolute atomic E-state index is 13.1. The number of hydrogen-bond donors (Lipinski definition) is 2. The number of rotatable bonds is 5. The van der Waals surface area contributed by atoms with Gasteiger partial charge in [-0.3, -0.25) is 4.79 Å². The van der Waals surface area contributed by atoms with Gasteiger partial charge in [0.1, 0.15) is 11.9 Å². The summed E-state index contributed by atoms with van der Waals surface area (Å²) < 4.78 is 39.0. The summed E-state index contributed by atoms with van der Waals surface area (Å²) in [5.74, 6) is -2.58. The second-order valence-electron chi connectivity index (χ2n) is 4.29. The van der Waals surface area contributed by atoms with E-state index >= 15 is 0 Å². The monoisotopic (exact) mass is 309 g/mol. The van der Waals surface area contributed by atoms with Crippen LogP contribution in [0.5, 0.6) is 0 Å². The van der Waals surface area contributed by atoms with Crippen LogP contribution in [0.4, 0.5) is 4.39 Å². The van der Waals surface area contributed by atoms with E-state index in [2.05, 4.69) is 0 Å². The zero-order chi connectivity index (χ0) is 14.8. The van der Waals surface area contributed by atoms with Gasteiger partial charge in [0, 0.05) is 5.02 Å². The Morgan fingerprint density at radius 3 is 2.37 bits per heavy atom. The molecule has 0 heterocycles. The molecule has 0 spiro atoms. The van der Waals surface area contributed by atoms with Crippen molar-refractivity contribution in [2.24, 2.45) is 5.92 Å². The van der Waals surface area contributed by atoms with Gasteiger partial charge in [-0.2, -0.15) is 4.72 Å². The van der Waals surface area contributed by atoms with Gasteiger partial charge in [0.25, 0.3) is 0 Å². The molecule has 19 heavy (non-hydrogen) atoms. The predicted octanol–water partition coefficient (Wildman–Crippen LogP) is 1.87. The van der Waals surface area contributed by atoms with E-state index in [4.69, 9.17) is 16.7 Å². The lowest BCUT2D eigenvalue weighted by atomic mass is 10.1. The fourth-order valence-corrected chi connectivity index (χ4v) is 3.07. The molecule has 0 amide bonds. The first-order chi connectivity index (χ1) is 8.63. The van der Waals surface area contributed by atoms with Crippen molar-refractivity contribution in [3.8, 4) is 0 Å². The predicted molar refractivity (Wildman–Crippen MR) is 68.0 cm³/mol. The van der Waals surface area contributed by atoms with Gasteiger partial charge in [0.15, 0.2) is 0 Å². The van der Waals surface area contributed by atoms with Crippen molar-refractivity contribution in [1.29, 1.82) is 0 Å². The second-order valence-corrected chi connectivity index (χ2v) is 6.44. The quantitative estimate of drug-likeness (QED) is 0.869. The van der Waals surface area contributed by atoms with Crippen LogP contribution >= 0.6 is 11.6 Å². The number of halogens is 2. The molecular weight excluding hydrogens is 297 g/mol. The van der Waals surface area contributed by atoms with Crippen molar-refractivity contribution in [1.82, 2.24) is 4.72 Å². The maximum Gasteiger partial charge on any atom is 0.322 e. The number of sulfonamides is 1. The molecule has 0 aliphatic rings. The Bertz CT molecular complexity index is 568. The number of carbonyl (C=O) groups is 1. The highest BCUT2D eigenvalue weighted by molar-refractivity contribution is 7.89. The number of hydrogen-bond acceptors (Lipinski definition) is 3. The summed E-state index contributed by atoms with van der Waals surface area (Å²) in [4.78, 5) is 10.5. The van der Waals surface area contributed by atoms with E-state index in [0.717, 1.165) is 18.2 Å². The molecule has 0 aromatic heterocycles. The van der Waals surface area contributed by atoms with Gasteiger partial charge < -0.3 is 5.11 Å². The molecule has 8 heteroatoms. The molecule has 1 rings (SSSR count). The van der Waals surface area contributed by atoms with E-state index in [1.165, 1.54) is 0 Å². The van der Waals surface area contributed by atoms with Crippen LogP contribution in [0.1, 0.15) is 13.8 Å². The number of carboxylic acid groups (broad SMARTS) is 1. The van der Waals surface area contributed by atoms with E-state index in [1.807, 2.05) is 4.72 Å². The minimum atomic E-state index is -4.15. The first-order valence-electron chi connectivity index (χ1n) is 5.34. The summed E-state index contributed by atoms with van der Waals surface area (Å²) in [6.45, 7) is 3.11. The highest BCUT2D eigenvalue weighted by Crippen LogP contribution is 2.19. The average molecular weight is 310 g/mol. The van der Waals surface area contributed by atoms with Crippen LogP contribution in [0.25, 0.3) is 0 Å². The van der Waals surface area contributed by atoms with Gasteiger partial charge in [-0.25, -0.2) is 12.8 Å². The minimum absolute atomic E-state index is 0.0863. The number of carboxylic acids is 1. The van der Waals surface area contributed by atoms with Crippen molar-refractivity contribution in [3.63, 3.8) is 0 Å². The number of nitrogens with one attached hydrogen (secondary N) is 1. The van der Waals surface area contributed by atoms with Crippen LogP contribution in [0, 0.1) is 11.7 Å². The number of aliphatic carboxylic acids is 1. The molecule has 0 saturated carbocycles. The highest BCUT2D eigenvalue weighted by Gasteiger charge is 2.28. The van der Waals surface area contributed by atoms with Gasteiger partial charge in [0.05, 0.1) is 4.90 Å². The summed E-state index contributed by atoms with van der Waals surface area (Å²) in [5, 5.41) is 8.85. The normalized spacial score (nSPS) is 13.5. The average Bonchev–Trinajstić information content (AvgIpc) is 2.23. The second kappa shape index (κ2) is 5.85. The Morgan fingerprint density at radius 1 is 1.37 bits per heavy atom. The summed E-state index contributed by atoms with van der Waals surface area (Å²) in [6.07, 6.45) is 0. The molecule has 0 aliphatic heterocycles. The highest BCUT2D eigenvalue weighted by atomic mass is 35.5. The van der Waals surface area contributed by atoms with Crippen molar-refractivity contribution >= 4 is 27.6 Å². The molecule has 0 fully saturated rings. The van der Waals surface area contributed by atoms with E-state index in [9.17, 15) is 17.6 Å². The molecule has 2 N–H and O–H groups in total. The lowest BCUT2D eigenvalue weighted by Crippen LogP contribution is -2.44. The summed E-state index contributed by atoms with van der Waals surface area (Å²) in [5.41, 5.74) is 0. The lowest BCUT2D eigenvalue weighted by Gasteiger charge is -2.18. The first-order valence-corrected chi connectivity index (χ1v) is 7.21. The Labute approximate surface area is 115 Å². The zero-order valence-corrected chi connectivity index (χ0v) is 11.8. The Kier molecular flexibility index (Phi) is 4.89. The van der Waals surface area contributed by atoms with E-state index in [0.29, 0.717) is 0 Å². The van der Waals surface area contributed by atoms with E-state index < -0.39 is 38.7 Å². The van der Waals surface area contributed by atoms with Crippen LogP contribution in [-0.4, -0.2) is 25.5 Å². The Balaban J connectivity index is 3.13. The molecule has 0 radical (unpaired) electrons. The van der Waals surface area contributed by atoms with Crippen LogP contribution in [0.2, 0.25) is 5.02 Å². The summed E-state index contributed by atoms with van der Waals surface area (Å²) >= 11 is 5.57. The van der Waals surface area contributed by atoms with Gasteiger partial charge >= 0.3 is 5.97 Å². The third-order valence-electron chi connectivity index (χ3n) is 2.36. The lowest BCUT2D eigenvalue weighted by molar-refractivity contribution is -0.140. The molecule has 106 valence electrons. The fraction of sp³-hybridized carbons (Fsp3) is 0.364. The summed E-state index contributed by atoms with van der Waals surface area (Å²) in [6, 6.07) is 1.48. The van der Waals surface area contributed by atoms with Crippen LogP contribution in [0.15, 0.2) is 23.1 Å². The van der Waals surface area contributed by atoms with Crippen molar-refractivity contribution < 1.29 is 22.7 Å². The minimum Gasteiger partial charge on any atom is -0.480 e. The molecule has 1 aromatic carbocycles. The fourth-order valence-electron chi connectivity index (χ4n) is 1.39. The molecule has 1 unspecified atom stereocenters. The van der Waals surface area contributed by atoms with Crippen LogP contribution in [0.3, 0.4) is 0 Å². The van der Waals surface area contributed by atoms with Gasteiger partial charge in [-0.15, -0.1) is 0 Å². The van der Waals surface area contributed by atoms with Gasteiger partial charge in [0.2, 0.25) is 10.0 Å². The van der Waals surface area contributed by atoms with Gasteiger partial charge in [-0.05, 0) is 24.1 Å². The SMILES string of the molecule is CC(C)C(NS(=O)(=O)c1cc(F)cc(Cl)c1)C(=O)O. The third kappa shape index (κ3) is 4.15. The van der Waals surface area contributed by atoms with Crippen molar-refractivity contribution in [3.05, 3.63) is 29.0 Å². The topological polar surface area (TPSA) is 83.5 Å². The molecular formula is C11H13ClFNO4S. The zero-order valence-electron chi connectivity index (χ0n) is 10.2. The molecule has 1 atom stereocenters. The maximum atomic E-state index is 13.1. The third-order valence-corrected chi connectivity index (χ3v) is 4.00. The Hall–Kier alpha value is -1.18. The largest absolute Gasteiger partial charge is 0.480 e. The number of benzene rings is 1. The van der Waals surface area contributed by atoms with Crippen LogP contribution in [-0.2, 0) is 14.8 Å².